The Kier molecular flexibility index (Phi) is 7.00. The Balaban J connectivity index is 1.43. The second kappa shape index (κ2) is 10.8. The zero-order valence-electron chi connectivity index (χ0n) is 24.9. The molecule has 2 aromatic carbocycles. The Morgan fingerprint density at radius 1 is 1.02 bits per heavy atom. The van der Waals surface area contributed by atoms with E-state index in [2.05, 4.69) is 13.1 Å². The van der Waals surface area contributed by atoms with Crippen molar-refractivity contribution in [3.63, 3.8) is 0 Å². The molecule has 0 saturated carbocycles. The van der Waals surface area contributed by atoms with Gasteiger partial charge in [0.05, 0.1) is 24.6 Å². The molecule has 0 spiro atoms. The first kappa shape index (κ1) is 29.7. The van der Waals surface area contributed by atoms with E-state index in [-0.39, 0.29) is 55.7 Å². The minimum absolute atomic E-state index is 0.0742. The maximum Gasteiger partial charge on any atom is 0.363 e. The van der Waals surface area contributed by atoms with Gasteiger partial charge in [-0.15, -0.1) is 11.6 Å². The van der Waals surface area contributed by atoms with Crippen molar-refractivity contribution in [3.05, 3.63) is 99.9 Å². The van der Waals surface area contributed by atoms with Crippen LogP contribution in [-0.2, 0) is 14.4 Å². The molecule has 5 aliphatic rings. The quantitative estimate of drug-likeness (QED) is 0.270. The maximum atomic E-state index is 13.8. The van der Waals surface area contributed by atoms with Gasteiger partial charge in [-0.2, -0.15) is 0 Å². The van der Waals surface area contributed by atoms with Gasteiger partial charge in [0.25, 0.3) is 11.8 Å². The molecular formula is C34H29F2N3O6Si. The molecule has 0 radical (unpaired) electrons. The Bertz CT molecular complexity index is 1890. The number of carbonyl (C=O) groups is 4. The number of carbonyl (C=O) groups excluding carboxylic acids is 4. The Morgan fingerprint density at radius 3 is 2.37 bits per heavy atom. The summed E-state index contributed by atoms with van der Waals surface area (Å²) in [6.07, 6.45) is 3.77. The molecule has 2 amide bonds. The number of benzene rings is 2. The van der Waals surface area contributed by atoms with Crippen molar-refractivity contribution in [2.24, 2.45) is 0 Å². The van der Waals surface area contributed by atoms with Crippen LogP contribution in [0.4, 0.5) is 14.5 Å². The Labute approximate surface area is 264 Å². The number of alkyl halides is 2. The molecule has 2 aromatic rings. The van der Waals surface area contributed by atoms with E-state index in [9.17, 15) is 33.1 Å². The fourth-order valence-electron chi connectivity index (χ4n) is 6.67. The number of amides is 2. The summed E-state index contributed by atoms with van der Waals surface area (Å²) in [4.78, 5) is 57.0. The molecule has 0 aromatic heterocycles. The minimum Gasteiger partial charge on any atom is -0.545 e. The van der Waals surface area contributed by atoms with E-state index < -0.39 is 44.2 Å². The van der Waals surface area contributed by atoms with Gasteiger partial charge in [0.15, 0.2) is 18.8 Å². The SMILES string of the molecule is C=C[Si]1(C)C2=CC(=[N+]3CC(F)C3)C=CC2=C(c2cc(C(=O)ON3C(=O)CCC3=O)ccc2C(=O)[O-])c2ccc(N3CC(F)C3)cc21. The molecular weight excluding hydrogens is 612 g/mol. The third kappa shape index (κ3) is 4.66. The normalized spacial score (nSPS) is 23.9. The van der Waals surface area contributed by atoms with Crippen molar-refractivity contribution in [3.8, 4) is 0 Å². The van der Waals surface area contributed by atoms with E-state index in [1.165, 1.54) is 18.2 Å². The minimum atomic E-state index is -2.75. The molecule has 3 fully saturated rings. The van der Waals surface area contributed by atoms with Crippen LogP contribution in [0.5, 0.6) is 0 Å². The molecule has 7 rings (SSSR count). The number of aromatic carboxylic acids is 1. The van der Waals surface area contributed by atoms with Crippen LogP contribution in [0.3, 0.4) is 0 Å². The topological polar surface area (TPSA) is 110 Å². The molecule has 1 unspecified atom stereocenters. The van der Waals surface area contributed by atoms with Crippen LogP contribution in [0.15, 0.2) is 77.7 Å². The standard InChI is InChI=1S/C34H29F2N3O6Si/c1-3-46(2)28-13-22(37-15-20(35)16-37)5-8-25(28)32(26-9-6-23(14-29(26)46)38-17-21(36)18-38)27-12-19(4-7-24(27)33(42)43)34(44)45-39-30(40)10-11-31(39)41/h3-9,12-14,20-21H,1,10-11,15-18H2,2H3. The zero-order chi connectivity index (χ0) is 32.5. The Hall–Kier alpha value is -4.97. The van der Waals surface area contributed by atoms with Crippen molar-refractivity contribution < 1.29 is 42.5 Å². The predicted molar refractivity (Wildman–Crippen MR) is 165 cm³/mol. The van der Waals surface area contributed by atoms with Crippen LogP contribution in [-0.4, -0.2) is 85.7 Å². The van der Waals surface area contributed by atoms with E-state index in [0.29, 0.717) is 10.6 Å². The third-order valence-corrected chi connectivity index (χ3v) is 13.3. The number of anilines is 1. The molecule has 1 aliphatic carbocycles. The summed E-state index contributed by atoms with van der Waals surface area (Å²) < 4.78 is 29.6. The fraction of sp³-hybridized carbons (Fsp3) is 0.265. The number of carboxylic acids is 1. The highest BCUT2D eigenvalue weighted by molar-refractivity contribution is 7.02. The number of hydrogen-bond acceptors (Lipinski definition) is 7. The number of halogens is 2. The second-order valence-electron chi connectivity index (χ2n) is 12.3. The predicted octanol–water partition coefficient (Wildman–Crippen LogP) is 2.10. The van der Waals surface area contributed by atoms with Gasteiger partial charge in [-0.05, 0) is 63.0 Å². The lowest BCUT2D eigenvalue weighted by Gasteiger charge is -2.41. The molecule has 0 bridgehead atoms. The molecule has 234 valence electrons. The summed E-state index contributed by atoms with van der Waals surface area (Å²) in [6, 6.07) is 9.61. The lowest BCUT2D eigenvalue weighted by atomic mass is 9.86. The van der Waals surface area contributed by atoms with Crippen LogP contribution < -0.4 is 15.2 Å². The second-order valence-corrected chi connectivity index (χ2v) is 16.1. The van der Waals surface area contributed by atoms with Gasteiger partial charge in [0, 0.05) is 36.2 Å². The van der Waals surface area contributed by atoms with Crippen LogP contribution in [0, 0.1) is 0 Å². The maximum absolute atomic E-state index is 13.8. The van der Waals surface area contributed by atoms with Crippen LogP contribution >= 0.6 is 0 Å². The first-order chi connectivity index (χ1) is 22.0. The highest BCUT2D eigenvalue weighted by Crippen LogP contribution is 2.43. The number of fused-ring (bicyclic) bond motifs is 2. The van der Waals surface area contributed by atoms with E-state index >= 15 is 0 Å². The number of allylic oxidation sites excluding steroid dienone is 5. The summed E-state index contributed by atoms with van der Waals surface area (Å²) in [5, 5.41) is 14.8. The molecule has 12 heteroatoms. The smallest absolute Gasteiger partial charge is 0.363 e. The summed E-state index contributed by atoms with van der Waals surface area (Å²) in [5.41, 5.74) is 5.49. The largest absolute Gasteiger partial charge is 0.545 e. The van der Waals surface area contributed by atoms with Crippen LogP contribution in [0.1, 0.15) is 44.7 Å². The fourth-order valence-corrected chi connectivity index (χ4v) is 9.84. The number of carboxylic acid groups (broad SMARTS) is 1. The van der Waals surface area contributed by atoms with Crippen molar-refractivity contribution in [2.45, 2.75) is 31.7 Å². The summed E-state index contributed by atoms with van der Waals surface area (Å²) >= 11 is 0. The lowest BCUT2D eigenvalue weighted by molar-refractivity contribution is -0.599. The molecule has 0 N–H and O–H groups in total. The number of hydroxylamine groups is 2. The third-order valence-electron chi connectivity index (χ3n) is 9.40. The zero-order valence-corrected chi connectivity index (χ0v) is 25.9. The number of hydrogen-bond donors (Lipinski definition) is 0. The van der Waals surface area contributed by atoms with Crippen LogP contribution in [0.2, 0.25) is 6.55 Å². The lowest BCUT2D eigenvalue weighted by Crippen LogP contribution is -2.53. The van der Waals surface area contributed by atoms with Crippen LogP contribution in [0.25, 0.3) is 5.57 Å². The first-order valence-electron chi connectivity index (χ1n) is 15.0. The molecule has 4 aliphatic heterocycles. The highest BCUT2D eigenvalue weighted by atomic mass is 28.3. The average Bonchev–Trinajstić information content (AvgIpc) is 3.33. The van der Waals surface area contributed by atoms with Gasteiger partial charge < -0.3 is 19.6 Å². The number of rotatable bonds is 6. The summed E-state index contributed by atoms with van der Waals surface area (Å²) in [5.74, 6) is -3.75. The van der Waals surface area contributed by atoms with Gasteiger partial charge in [-0.3, -0.25) is 9.59 Å². The van der Waals surface area contributed by atoms with Crippen molar-refractivity contribution in [1.82, 2.24) is 5.06 Å². The summed E-state index contributed by atoms with van der Waals surface area (Å²) in [6.45, 7) is 7.41. The molecule has 4 heterocycles. The molecule has 46 heavy (non-hydrogen) atoms. The molecule has 3 saturated heterocycles. The van der Waals surface area contributed by atoms with Gasteiger partial charge in [-0.1, -0.05) is 24.4 Å². The Morgan fingerprint density at radius 2 is 1.74 bits per heavy atom. The van der Waals surface area contributed by atoms with E-state index in [1.54, 1.807) is 0 Å². The van der Waals surface area contributed by atoms with Crippen molar-refractivity contribution in [2.75, 3.05) is 31.1 Å². The number of nitrogens with zero attached hydrogens (tertiary/aromatic N) is 3. The van der Waals surface area contributed by atoms with Gasteiger partial charge in [-0.25, -0.2) is 18.2 Å². The summed E-state index contributed by atoms with van der Waals surface area (Å²) in [7, 11) is -2.75. The molecule has 9 nitrogen and oxygen atoms in total. The monoisotopic (exact) mass is 641 g/mol. The van der Waals surface area contributed by atoms with Gasteiger partial charge in [0.2, 0.25) is 6.17 Å². The van der Waals surface area contributed by atoms with Gasteiger partial charge in [0.1, 0.15) is 14.2 Å². The highest BCUT2D eigenvalue weighted by Gasteiger charge is 2.44. The molecule has 1 atom stereocenters. The van der Waals surface area contributed by atoms with E-state index in [4.69, 9.17) is 4.84 Å². The number of imide groups is 1. The first-order valence-corrected chi connectivity index (χ1v) is 17.6. The van der Waals surface area contributed by atoms with Crippen molar-refractivity contribution in [1.29, 1.82) is 0 Å². The van der Waals surface area contributed by atoms with Gasteiger partial charge >= 0.3 is 5.97 Å². The average molecular weight is 642 g/mol. The van der Waals surface area contributed by atoms with E-state index in [0.717, 1.165) is 32.9 Å². The van der Waals surface area contributed by atoms with E-state index in [1.807, 2.05) is 51.6 Å². The van der Waals surface area contributed by atoms with Crippen molar-refractivity contribution >= 4 is 54.0 Å².